The summed E-state index contributed by atoms with van der Waals surface area (Å²) in [5.41, 5.74) is -6.41. The van der Waals surface area contributed by atoms with Gasteiger partial charge in [-0.3, -0.25) is 28.8 Å². The highest BCUT2D eigenvalue weighted by molar-refractivity contribution is 5.93. The van der Waals surface area contributed by atoms with Gasteiger partial charge < -0.3 is 42.7 Å². The van der Waals surface area contributed by atoms with E-state index in [-0.39, 0.29) is 18.9 Å². The highest BCUT2D eigenvalue weighted by Crippen LogP contribution is 2.83. The molecule has 4 saturated carbocycles. The molecule has 15 atom stereocenters. The lowest BCUT2D eigenvalue weighted by atomic mass is 9.33. The lowest BCUT2D eigenvalue weighted by molar-refractivity contribution is -0.391. The smallest absolute Gasteiger partial charge is 0.310 e. The van der Waals surface area contributed by atoms with Crippen molar-refractivity contribution in [2.45, 2.75) is 130 Å². The van der Waals surface area contributed by atoms with Crippen LogP contribution in [-0.4, -0.2) is 95.9 Å². The summed E-state index contributed by atoms with van der Waals surface area (Å²) in [6.07, 6.45) is -5.68. The molecular weight excluding hydrogens is 696 g/mol. The third-order valence-electron chi connectivity index (χ3n) is 13.8. The number of ketones is 1. The number of carbonyl (C=O) groups excluding carboxylic acids is 6. The average molecular weight is 745 g/mol. The molecule has 2 aliphatic heterocycles. The normalized spacial score (nSPS) is 46.1. The van der Waals surface area contributed by atoms with Gasteiger partial charge in [-0.2, -0.15) is 0 Å². The lowest BCUT2D eigenvalue weighted by Gasteiger charge is -2.73. The van der Waals surface area contributed by atoms with Crippen molar-refractivity contribution in [1.29, 1.82) is 0 Å². The zero-order chi connectivity index (χ0) is 38.8. The Morgan fingerprint density at radius 3 is 2.04 bits per heavy atom. The second-order valence-electron chi connectivity index (χ2n) is 16.7. The maximum atomic E-state index is 15.8. The van der Waals surface area contributed by atoms with E-state index in [2.05, 4.69) is 0 Å². The molecule has 6 aliphatic rings. The Bertz CT molecular complexity index is 1740. The monoisotopic (exact) mass is 744 g/mol. The number of fused-ring (bicyclic) bond motifs is 1. The van der Waals surface area contributed by atoms with Gasteiger partial charge in [0, 0.05) is 50.4 Å². The summed E-state index contributed by atoms with van der Waals surface area (Å²) in [4.78, 5) is 80.8. The van der Waals surface area contributed by atoms with Crippen LogP contribution in [0.1, 0.15) is 86.6 Å². The first-order valence-electron chi connectivity index (χ1n) is 18.2. The van der Waals surface area contributed by atoms with Crippen molar-refractivity contribution in [3.05, 3.63) is 24.2 Å². The number of rotatable bonds is 7. The molecule has 1 aromatic heterocycles. The number of ether oxygens (including phenoxy) is 7. The first-order valence-corrected chi connectivity index (χ1v) is 18.2. The Hall–Kier alpha value is -3.82. The summed E-state index contributed by atoms with van der Waals surface area (Å²) in [6.45, 7) is 12.8. The van der Waals surface area contributed by atoms with Crippen LogP contribution in [0.2, 0.25) is 0 Å². The number of aliphatic hydroxyl groups excluding tert-OH is 1. The molecule has 7 rings (SSSR count). The third-order valence-corrected chi connectivity index (χ3v) is 13.8. The summed E-state index contributed by atoms with van der Waals surface area (Å²) < 4.78 is 48.7. The van der Waals surface area contributed by atoms with Crippen molar-refractivity contribution in [2.24, 2.45) is 39.4 Å². The van der Waals surface area contributed by atoms with Crippen LogP contribution < -0.4 is 0 Å². The molecular formula is C38H48O15. The summed E-state index contributed by atoms with van der Waals surface area (Å²) >= 11 is 0. The van der Waals surface area contributed by atoms with Crippen LogP contribution in [0.3, 0.4) is 0 Å². The quantitative estimate of drug-likeness (QED) is 0.242. The van der Waals surface area contributed by atoms with Crippen LogP contribution in [-0.2, 0) is 61.9 Å². The molecule has 1 spiro atoms. The van der Waals surface area contributed by atoms with E-state index in [4.69, 9.17) is 37.6 Å². The van der Waals surface area contributed by atoms with Gasteiger partial charge in [0.15, 0.2) is 30.2 Å². The minimum Gasteiger partial charge on any atom is -0.472 e. The Labute approximate surface area is 306 Å². The number of epoxide rings is 1. The summed E-state index contributed by atoms with van der Waals surface area (Å²) in [6, 6.07) is 1.79. The molecule has 1 N–H and O–H groups in total. The molecule has 0 radical (unpaired) electrons. The Morgan fingerprint density at radius 2 is 1.47 bits per heavy atom. The zero-order valence-electron chi connectivity index (χ0n) is 31.4. The average Bonchev–Trinajstić information content (AvgIpc) is 3.41. The maximum Gasteiger partial charge on any atom is 0.310 e. The Morgan fingerprint density at radius 1 is 0.849 bits per heavy atom. The van der Waals surface area contributed by atoms with Gasteiger partial charge in [0.1, 0.15) is 5.60 Å². The van der Waals surface area contributed by atoms with Crippen molar-refractivity contribution in [3.63, 3.8) is 0 Å². The van der Waals surface area contributed by atoms with Crippen LogP contribution in [0.5, 0.6) is 0 Å². The van der Waals surface area contributed by atoms with E-state index < -0.39 is 124 Å². The van der Waals surface area contributed by atoms with Crippen LogP contribution in [0.25, 0.3) is 0 Å². The van der Waals surface area contributed by atoms with Crippen LogP contribution >= 0.6 is 0 Å². The van der Waals surface area contributed by atoms with Gasteiger partial charge in [-0.15, -0.1) is 0 Å². The molecule has 2 bridgehead atoms. The third kappa shape index (κ3) is 4.68. The second kappa shape index (κ2) is 12.1. The van der Waals surface area contributed by atoms with Crippen LogP contribution in [0.15, 0.2) is 23.0 Å². The summed E-state index contributed by atoms with van der Waals surface area (Å²) in [5.74, 6) is -7.59. The predicted octanol–water partition coefficient (Wildman–Crippen LogP) is 2.79. The number of furan rings is 1. The molecule has 290 valence electrons. The van der Waals surface area contributed by atoms with Gasteiger partial charge in [0.05, 0.1) is 48.1 Å². The maximum absolute atomic E-state index is 15.8. The standard InChI is InChI=1S/C38H48O15/c1-16(2)32(45)52-33-34(7)23-13-24(43)36(9)28(37(23,15-47-33)31(51-20(6)42)27(48-17(3)39)30(34)50-19(5)41)26(44)29(49-18(4)40)35(8)22(21-10-11-46-14-21)12-25-38(35,36)53-25/h10-11,14,16,22-25,27-31,33,43H,12-13,15H2,1-9H3/t22-,23+,24+,25+,27-,28+,29+,30+,31+,33+,34-,35+,36-,37+,38+/m1/s1. The predicted molar refractivity (Wildman–Crippen MR) is 176 cm³/mol. The van der Waals surface area contributed by atoms with Crippen molar-refractivity contribution in [3.8, 4) is 0 Å². The van der Waals surface area contributed by atoms with Crippen LogP contribution in [0, 0.1) is 39.4 Å². The largest absolute Gasteiger partial charge is 0.472 e. The number of hydrogen-bond donors (Lipinski definition) is 1. The Balaban J connectivity index is 1.51. The van der Waals surface area contributed by atoms with Gasteiger partial charge in [-0.25, -0.2) is 0 Å². The van der Waals surface area contributed by atoms with Crippen molar-refractivity contribution >= 4 is 35.6 Å². The minimum atomic E-state index is -1.65. The van der Waals surface area contributed by atoms with E-state index in [0.717, 1.165) is 26.3 Å². The van der Waals surface area contributed by atoms with Gasteiger partial charge in [0.25, 0.3) is 0 Å². The zero-order valence-corrected chi connectivity index (χ0v) is 31.4. The van der Waals surface area contributed by atoms with Gasteiger partial charge >= 0.3 is 29.8 Å². The first kappa shape index (κ1) is 37.5. The van der Waals surface area contributed by atoms with Crippen molar-refractivity contribution < 1.29 is 71.4 Å². The molecule has 15 nitrogen and oxygen atoms in total. The number of aliphatic hydroxyl groups is 1. The summed E-state index contributed by atoms with van der Waals surface area (Å²) in [7, 11) is 0. The molecule has 0 amide bonds. The van der Waals surface area contributed by atoms with E-state index in [1.165, 1.54) is 13.2 Å². The molecule has 6 fully saturated rings. The highest BCUT2D eigenvalue weighted by Gasteiger charge is 2.93. The SMILES string of the molecule is CC(=O)O[C@@H]1[C@H](OC(C)=O)[C@]2(C)[C@H](OC(=O)C(C)C)OC[C@]3([C@H]4C(=O)[C@H](OC(C)=O)[C@]5(C)[C@@H](c6ccoc6)C[C@@H]6O[C@@]65[C@]4(C)[C@@H](O)C[C@@H]23)[C@H]1OC(C)=O. The molecule has 2 saturated heterocycles. The van der Waals surface area contributed by atoms with E-state index >= 15 is 4.79 Å². The molecule has 15 heteroatoms. The van der Waals surface area contributed by atoms with Gasteiger partial charge in [-0.05, 0) is 37.3 Å². The van der Waals surface area contributed by atoms with Gasteiger partial charge in [0.2, 0.25) is 6.29 Å². The van der Waals surface area contributed by atoms with E-state index in [1.54, 1.807) is 40.0 Å². The van der Waals surface area contributed by atoms with E-state index in [0.29, 0.717) is 6.42 Å². The van der Waals surface area contributed by atoms with Crippen molar-refractivity contribution in [1.82, 2.24) is 0 Å². The molecule has 4 aliphatic carbocycles. The first-order chi connectivity index (χ1) is 24.7. The Kier molecular flexibility index (Phi) is 8.55. The van der Waals surface area contributed by atoms with Gasteiger partial charge in [-0.1, -0.05) is 27.7 Å². The fourth-order valence-electron chi connectivity index (χ4n) is 12.1. The number of carbonyl (C=O) groups is 6. The minimum absolute atomic E-state index is 0.0826. The fraction of sp³-hybridized carbons (Fsp3) is 0.737. The number of hydrogen-bond acceptors (Lipinski definition) is 15. The molecule has 53 heavy (non-hydrogen) atoms. The fourth-order valence-corrected chi connectivity index (χ4v) is 12.1. The summed E-state index contributed by atoms with van der Waals surface area (Å²) in [5, 5.41) is 12.7. The number of Topliss-reactive ketones (excluding diaryl/α,β-unsaturated/α-hetero) is 1. The molecule has 3 heterocycles. The van der Waals surface area contributed by atoms with Crippen LogP contribution in [0.4, 0.5) is 0 Å². The van der Waals surface area contributed by atoms with E-state index in [1.807, 2.05) is 6.92 Å². The highest BCUT2D eigenvalue weighted by atomic mass is 16.7. The number of esters is 5. The van der Waals surface area contributed by atoms with Crippen molar-refractivity contribution in [2.75, 3.05) is 6.61 Å². The molecule has 0 unspecified atom stereocenters. The lowest BCUT2D eigenvalue weighted by Crippen LogP contribution is -2.85. The molecule has 0 aromatic carbocycles. The molecule has 1 aromatic rings. The second-order valence-corrected chi connectivity index (χ2v) is 16.7. The van der Waals surface area contributed by atoms with E-state index in [9.17, 15) is 29.1 Å². The topological polar surface area (TPSA) is 204 Å².